The first-order chi connectivity index (χ1) is 7.02. The van der Waals surface area contributed by atoms with E-state index in [4.69, 9.17) is 14.6 Å². The summed E-state index contributed by atoms with van der Waals surface area (Å²) in [6.07, 6.45) is 0. The Balaban J connectivity index is 3.56. The van der Waals surface area contributed by atoms with Gasteiger partial charge in [0.25, 0.3) is 0 Å². The number of thiol groups is 1. The lowest BCUT2D eigenvalue weighted by atomic mass is 10.1. The predicted molar refractivity (Wildman–Crippen MR) is 58.5 cm³/mol. The lowest BCUT2D eigenvalue weighted by Crippen LogP contribution is -2.05. The maximum Gasteiger partial charge on any atom is 0.343 e. The van der Waals surface area contributed by atoms with Gasteiger partial charge < -0.3 is 14.6 Å². The van der Waals surface area contributed by atoms with Crippen molar-refractivity contribution in [2.24, 2.45) is 0 Å². The average molecular weight is 228 g/mol. The van der Waals surface area contributed by atoms with Gasteiger partial charge in [-0.1, -0.05) is 0 Å². The first-order valence-electron chi connectivity index (χ1n) is 4.20. The van der Waals surface area contributed by atoms with Crippen LogP contribution in [0.5, 0.6) is 11.5 Å². The van der Waals surface area contributed by atoms with Crippen LogP contribution in [0.15, 0.2) is 11.0 Å². The molecule has 4 nitrogen and oxygen atoms in total. The smallest absolute Gasteiger partial charge is 0.343 e. The highest BCUT2D eigenvalue weighted by Gasteiger charge is 2.21. The van der Waals surface area contributed by atoms with Crippen LogP contribution < -0.4 is 9.47 Å². The molecule has 1 N–H and O–H groups in total. The molecule has 0 saturated heterocycles. The Labute approximate surface area is 93.2 Å². The highest BCUT2D eigenvalue weighted by atomic mass is 32.1. The number of hydrogen-bond donors (Lipinski definition) is 2. The number of ether oxygens (including phenoxy) is 2. The molecule has 0 aliphatic heterocycles. The number of benzene rings is 1. The second kappa shape index (κ2) is 4.44. The number of carboxylic acid groups (broad SMARTS) is 1. The van der Waals surface area contributed by atoms with Crippen molar-refractivity contribution in [1.82, 2.24) is 0 Å². The molecule has 0 atom stereocenters. The Morgan fingerprint density at radius 3 is 2.40 bits per heavy atom. The molecular formula is C10H12O4S. The van der Waals surface area contributed by atoms with E-state index in [1.807, 2.05) is 0 Å². The van der Waals surface area contributed by atoms with Gasteiger partial charge in [-0.15, -0.1) is 12.6 Å². The van der Waals surface area contributed by atoms with E-state index in [-0.39, 0.29) is 17.1 Å². The van der Waals surface area contributed by atoms with E-state index in [2.05, 4.69) is 12.6 Å². The molecule has 0 aliphatic carbocycles. The van der Waals surface area contributed by atoms with Gasteiger partial charge in [0.2, 0.25) is 0 Å². The number of hydrogen-bond acceptors (Lipinski definition) is 4. The van der Waals surface area contributed by atoms with Crippen molar-refractivity contribution in [2.45, 2.75) is 11.8 Å². The van der Waals surface area contributed by atoms with E-state index < -0.39 is 5.97 Å². The van der Waals surface area contributed by atoms with Crippen LogP contribution in [0.3, 0.4) is 0 Å². The van der Waals surface area contributed by atoms with E-state index in [1.165, 1.54) is 14.2 Å². The van der Waals surface area contributed by atoms with Crippen molar-refractivity contribution in [3.63, 3.8) is 0 Å². The summed E-state index contributed by atoms with van der Waals surface area (Å²) in [4.78, 5) is 11.5. The van der Waals surface area contributed by atoms with Crippen LogP contribution in [-0.4, -0.2) is 25.3 Å². The lowest BCUT2D eigenvalue weighted by molar-refractivity contribution is 0.0689. The molecular weight excluding hydrogens is 216 g/mol. The first-order valence-corrected chi connectivity index (χ1v) is 4.65. The van der Waals surface area contributed by atoms with E-state index in [9.17, 15) is 4.79 Å². The summed E-state index contributed by atoms with van der Waals surface area (Å²) in [5.41, 5.74) is 0.799. The molecule has 82 valence electrons. The third-order valence-corrected chi connectivity index (χ3v) is 2.60. The van der Waals surface area contributed by atoms with Crippen LogP contribution in [0.1, 0.15) is 15.9 Å². The predicted octanol–water partition coefficient (Wildman–Crippen LogP) is 2.00. The van der Waals surface area contributed by atoms with Crippen molar-refractivity contribution < 1.29 is 19.4 Å². The van der Waals surface area contributed by atoms with Gasteiger partial charge in [-0.2, -0.15) is 0 Å². The minimum absolute atomic E-state index is 0.00407. The molecule has 0 heterocycles. The molecule has 0 unspecified atom stereocenters. The summed E-state index contributed by atoms with van der Waals surface area (Å²) in [6, 6.07) is 1.62. The molecule has 0 aromatic heterocycles. The number of rotatable bonds is 3. The van der Waals surface area contributed by atoms with Crippen LogP contribution in [0.2, 0.25) is 0 Å². The fraction of sp³-hybridized carbons (Fsp3) is 0.300. The van der Waals surface area contributed by atoms with Gasteiger partial charge in [-0.25, -0.2) is 4.79 Å². The molecule has 0 radical (unpaired) electrons. The number of methoxy groups -OCH3 is 2. The summed E-state index contributed by atoms with van der Waals surface area (Å²) in [7, 11) is 2.82. The standard InChI is InChI=1S/C10H12O4S/c1-5-4-6(13-2)7(10(11)12)8(14-3)9(5)15/h4,15H,1-3H3,(H,11,12). The topological polar surface area (TPSA) is 55.8 Å². The van der Waals surface area contributed by atoms with Crippen molar-refractivity contribution in [3.8, 4) is 11.5 Å². The van der Waals surface area contributed by atoms with Crippen LogP contribution in [-0.2, 0) is 0 Å². The van der Waals surface area contributed by atoms with Gasteiger partial charge >= 0.3 is 5.97 Å². The van der Waals surface area contributed by atoms with E-state index >= 15 is 0 Å². The Morgan fingerprint density at radius 1 is 1.40 bits per heavy atom. The van der Waals surface area contributed by atoms with Gasteiger partial charge in [-0.05, 0) is 18.6 Å². The molecule has 15 heavy (non-hydrogen) atoms. The van der Waals surface area contributed by atoms with E-state index in [0.29, 0.717) is 4.90 Å². The summed E-state index contributed by atoms with van der Waals surface area (Å²) in [5.74, 6) is -0.601. The van der Waals surface area contributed by atoms with Gasteiger partial charge in [0, 0.05) is 0 Å². The molecule has 0 bridgehead atoms. The number of aryl methyl sites for hydroxylation is 1. The molecule has 5 heteroatoms. The molecule has 0 spiro atoms. The minimum Gasteiger partial charge on any atom is -0.496 e. The zero-order valence-corrected chi connectivity index (χ0v) is 9.59. The maximum atomic E-state index is 11.0. The third-order valence-electron chi connectivity index (χ3n) is 2.05. The monoisotopic (exact) mass is 228 g/mol. The summed E-state index contributed by atoms with van der Waals surface area (Å²) >= 11 is 4.20. The van der Waals surface area contributed by atoms with E-state index in [1.54, 1.807) is 13.0 Å². The van der Waals surface area contributed by atoms with Gasteiger partial charge in [0.05, 0.1) is 19.1 Å². The first kappa shape index (κ1) is 11.7. The quantitative estimate of drug-likeness (QED) is 0.777. The lowest BCUT2D eigenvalue weighted by Gasteiger charge is -2.13. The van der Waals surface area contributed by atoms with Crippen molar-refractivity contribution in [1.29, 1.82) is 0 Å². The van der Waals surface area contributed by atoms with Gasteiger partial charge in [0.1, 0.15) is 11.3 Å². The Kier molecular flexibility index (Phi) is 3.47. The molecule has 0 aliphatic rings. The number of carboxylic acids is 1. The van der Waals surface area contributed by atoms with Crippen LogP contribution in [0.4, 0.5) is 0 Å². The van der Waals surface area contributed by atoms with Crippen LogP contribution in [0, 0.1) is 6.92 Å². The molecule has 0 fully saturated rings. The highest BCUT2D eigenvalue weighted by molar-refractivity contribution is 7.80. The van der Waals surface area contributed by atoms with Crippen molar-refractivity contribution >= 4 is 18.6 Å². The Bertz CT molecular complexity index is 401. The maximum absolute atomic E-state index is 11.0. The van der Waals surface area contributed by atoms with Crippen LogP contribution in [0.25, 0.3) is 0 Å². The molecule has 1 aromatic carbocycles. The number of aromatic carboxylic acids is 1. The van der Waals surface area contributed by atoms with Crippen molar-refractivity contribution in [3.05, 3.63) is 17.2 Å². The number of carbonyl (C=O) groups is 1. The normalized spacial score (nSPS) is 9.87. The van der Waals surface area contributed by atoms with E-state index in [0.717, 1.165) is 5.56 Å². The average Bonchev–Trinajstić information content (AvgIpc) is 2.20. The fourth-order valence-electron chi connectivity index (χ4n) is 1.31. The SMILES string of the molecule is COc1cc(C)c(S)c(OC)c1C(=O)O. The molecule has 0 amide bonds. The summed E-state index contributed by atoms with van der Waals surface area (Å²) in [5, 5.41) is 9.03. The Hall–Kier alpha value is -1.36. The fourth-order valence-corrected chi connectivity index (χ4v) is 1.58. The molecule has 1 aromatic rings. The minimum atomic E-state index is -1.10. The summed E-state index contributed by atoms with van der Waals surface area (Å²) < 4.78 is 10.0. The molecule has 0 saturated carbocycles. The largest absolute Gasteiger partial charge is 0.496 e. The zero-order valence-electron chi connectivity index (χ0n) is 8.70. The van der Waals surface area contributed by atoms with Gasteiger partial charge in [0.15, 0.2) is 5.75 Å². The Morgan fingerprint density at radius 2 is 2.00 bits per heavy atom. The second-order valence-corrected chi connectivity index (χ2v) is 3.40. The van der Waals surface area contributed by atoms with Crippen LogP contribution >= 0.6 is 12.6 Å². The van der Waals surface area contributed by atoms with Crippen molar-refractivity contribution in [2.75, 3.05) is 14.2 Å². The zero-order chi connectivity index (χ0) is 11.6. The summed E-state index contributed by atoms with van der Waals surface area (Å²) in [6.45, 7) is 1.80. The second-order valence-electron chi connectivity index (χ2n) is 2.96. The van der Waals surface area contributed by atoms with Gasteiger partial charge in [-0.3, -0.25) is 0 Å². The highest BCUT2D eigenvalue weighted by Crippen LogP contribution is 2.36. The molecule has 1 rings (SSSR count). The third kappa shape index (κ3) is 2.02.